The molecule has 16 heavy (non-hydrogen) atoms. The Morgan fingerprint density at radius 3 is 3.19 bits per heavy atom. The lowest BCUT2D eigenvalue weighted by molar-refractivity contribution is 0.161. The van der Waals surface area contributed by atoms with Crippen LogP contribution >= 0.6 is 0 Å². The second kappa shape index (κ2) is 4.39. The quantitative estimate of drug-likeness (QED) is 0.728. The summed E-state index contributed by atoms with van der Waals surface area (Å²) in [5.74, 6) is 0.815. The molecule has 88 valence electrons. The SMILES string of the molecule is CS(=O)(=O)OCC1COc2cccnc2C1. The van der Waals surface area contributed by atoms with Crippen molar-refractivity contribution in [2.75, 3.05) is 19.5 Å². The molecule has 0 amide bonds. The maximum absolute atomic E-state index is 10.8. The van der Waals surface area contributed by atoms with Crippen LogP contribution in [0.5, 0.6) is 5.75 Å². The topological polar surface area (TPSA) is 65.5 Å². The highest BCUT2D eigenvalue weighted by atomic mass is 32.2. The van der Waals surface area contributed by atoms with Crippen molar-refractivity contribution in [1.82, 2.24) is 4.98 Å². The van der Waals surface area contributed by atoms with E-state index in [9.17, 15) is 8.42 Å². The number of hydrogen-bond acceptors (Lipinski definition) is 5. The number of aromatic nitrogens is 1. The molecule has 0 fully saturated rings. The minimum Gasteiger partial charge on any atom is -0.491 e. The summed E-state index contributed by atoms with van der Waals surface area (Å²) in [4.78, 5) is 4.18. The van der Waals surface area contributed by atoms with Crippen molar-refractivity contribution in [3.63, 3.8) is 0 Å². The van der Waals surface area contributed by atoms with Gasteiger partial charge < -0.3 is 4.74 Å². The smallest absolute Gasteiger partial charge is 0.264 e. The Balaban J connectivity index is 1.98. The van der Waals surface area contributed by atoms with E-state index in [0.717, 1.165) is 17.7 Å². The molecule has 1 aromatic heterocycles. The lowest BCUT2D eigenvalue weighted by atomic mass is 10.0. The summed E-state index contributed by atoms with van der Waals surface area (Å²) in [7, 11) is -3.38. The molecule has 0 bridgehead atoms. The average Bonchev–Trinajstić information content (AvgIpc) is 2.25. The first kappa shape index (κ1) is 11.3. The van der Waals surface area contributed by atoms with E-state index in [1.807, 2.05) is 12.1 Å². The van der Waals surface area contributed by atoms with Crippen LogP contribution in [0.4, 0.5) is 0 Å². The molecule has 0 spiro atoms. The van der Waals surface area contributed by atoms with Gasteiger partial charge in [-0.05, 0) is 12.1 Å². The van der Waals surface area contributed by atoms with Crippen molar-refractivity contribution >= 4 is 10.1 Å². The summed E-state index contributed by atoms with van der Waals surface area (Å²) in [5.41, 5.74) is 0.857. The maximum atomic E-state index is 10.8. The molecule has 0 N–H and O–H groups in total. The Bertz CT molecular complexity index is 471. The number of pyridine rings is 1. The molecule has 1 unspecified atom stereocenters. The Morgan fingerprint density at radius 2 is 2.44 bits per heavy atom. The summed E-state index contributed by atoms with van der Waals surface area (Å²) < 4.78 is 31.9. The highest BCUT2D eigenvalue weighted by molar-refractivity contribution is 7.85. The molecule has 0 saturated carbocycles. The van der Waals surface area contributed by atoms with Gasteiger partial charge in [-0.3, -0.25) is 9.17 Å². The summed E-state index contributed by atoms with van der Waals surface area (Å²) in [6.45, 7) is 0.614. The fourth-order valence-corrected chi connectivity index (χ4v) is 2.01. The van der Waals surface area contributed by atoms with Crippen molar-refractivity contribution in [3.05, 3.63) is 24.0 Å². The standard InChI is InChI=1S/C10H13NO4S/c1-16(12,13)15-7-8-5-9-10(14-6-8)3-2-4-11-9/h2-4,8H,5-7H2,1H3. The Labute approximate surface area is 94.5 Å². The summed E-state index contributed by atoms with van der Waals surface area (Å²) in [5, 5.41) is 0. The molecule has 1 aliphatic heterocycles. The molecule has 0 aliphatic carbocycles. The molecular formula is C10H13NO4S. The number of nitrogens with zero attached hydrogens (tertiary/aromatic N) is 1. The molecule has 1 aromatic rings. The summed E-state index contributed by atoms with van der Waals surface area (Å²) >= 11 is 0. The van der Waals surface area contributed by atoms with E-state index in [1.54, 1.807) is 6.20 Å². The Hall–Kier alpha value is -1.14. The van der Waals surface area contributed by atoms with Crippen LogP contribution in [-0.2, 0) is 20.7 Å². The van der Waals surface area contributed by atoms with Gasteiger partial charge in [0.1, 0.15) is 5.75 Å². The third-order valence-corrected chi connectivity index (χ3v) is 2.89. The lowest BCUT2D eigenvalue weighted by Gasteiger charge is -2.23. The van der Waals surface area contributed by atoms with Crippen LogP contribution in [-0.4, -0.2) is 32.9 Å². The van der Waals surface area contributed by atoms with Gasteiger partial charge in [0.2, 0.25) is 0 Å². The molecule has 6 heteroatoms. The molecule has 5 nitrogen and oxygen atoms in total. The van der Waals surface area contributed by atoms with Gasteiger partial charge in [-0.2, -0.15) is 8.42 Å². The van der Waals surface area contributed by atoms with Crippen molar-refractivity contribution in [2.24, 2.45) is 5.92 Å². The molecule has 2 heterocycles. The highest BCUT2D eigenvalue weighted by Gasteiger charge is 2.22. The van der Waals surface area contributed by atoms with Crippen LogP contribution in [0.2, 0.25) is 0 Å². The minimum absolute atomic E-state index is 0.0390. The van der Waals surface area contributed by atoms with Gasteiger partial charge in [-0.1, -0.05) is 0 Å². The largest absolute Gasteiger partial charge is 0.491 e. The zero-order valence-corrected chi connectivity index (χ0v) is 9.74. The fourth-order valence-electron chi connectivity index (χ4n) is 1.57. The van der Waals surface area contributed by atoms with Crippen LogP contribution in [0.15, 0.2) is 18.3 Å². The monoisotopic (exact) mass is 243 g/mol. The Morgan fingerprint density at radius 1 is 1.62 bits per heavy atom. The number of rotatable bonds is 3. The van der Waals surface area contributed by atoms with Crippen LogP contribution in [0, 0.1) is 5.92 Å². The van der Waals surface area contributed by atoms with Crippen LogP contribution in [0.3, 0.4) is 0 Å². The molecule has 1 atom stereocenters. The zero-order chi connectivity index (χ0) is 11.6. The minimum atomic E-state index is -3.38. The van der Waals surface area contributed by atoms with Crippen molar-refractivity contribution in [1.29, 1.82) is 0 Å². The Kier molecular flexibility index (Phi) is 3.11. The first-order chi connectivity index (χ1) is 7.54. The van der Waals surface area contributed by atoms with Crippen LogP contribution in [0.1, 0.15) is 5.69 Å². The van der Waals surface area contributed by atoms with E-state index in [4.69, 9.17) is 8.92 Å². The normalized spacial score (nSPS) is 19.9. The van der Waals surface area contributed by atoms with E-state index >= 15 is 0 Å². The second-order valence-corrected chi connectivity index (χ2v) is 5.46. The second-order valence-electron chi connectivity index (χ2n) is 3.82. The molecule has 2 rings (SSSR count). The van der Waals surface area contributed by atoms with E-state index < -0.39 is 10.1 Å². The van der Waals surface area contributed by atoms with Gasteiger partial charge >= 0.3 is 0 Å². The lowest BCUT2D eigenvalue weighted by Crippen LogP contribution is -2.26. The van der Waals surface area contributed by atoms with Gasteiger partial charge in [0.15, 0.2) is 0 Å². The van der Waals surface area contributed by atoms with Crippen LogP contribution < -0.4 is 4.74 Å². The van der Waals surface area contributed by atoms with E-state index in [1.165, 1.54) is 0 Å². The average molecular weight is 243 g/mol. The number of hydrogen-bond donors (Lipinski definition) is 0. The number of fused-ring (bicyclic) bond motifs is 1. The third kappa shape index (κ3) is 2.93. The van der Waals surface area contributed by atoms with Gasteiger partial charge in [-0.15, -0.1) is 0 Å². The number of ether oxygens (including phenoxy) is 1. The van der Waals surface area contributed by atoms with Crippen molar-refractivity contribution in [2.45, 2.75) is 6.42 Å². The first-order valence-corrected chi connectivity index (χ1v) is 6.77. The molecule has 1 aliphatic rings. The van der Waals surface area contributed by atoms with Gasteiger partial charge in [0.25, 0.3) is 10.1 Å². The highest BCUT2D eigenvalue weighted by Crippen LogP contribution is 2.24. The maximum Gasteiger partial charge on any atom is 0.264 e. The van der Waals surface area contributed by atoms with Crippen molar-refractivity contribution < 1.29 is 17.3 Å². The molecule has 0 radical (unpaired) electrons. The van der Waals surface area contributed by atoms with Gasteiger partial charge in [0, 0.05) is 18.5 Å². The van der Waals surface area contributed by atoms with Gasteiger partial charge in [0.05, 0.1) is 25.2 Å². The predicted octanol–water partition coefficient (Wildman–Crippen LogP) is 0.609. The molecule has 0 aromatic carbocycles. The van der Waals surface area contributed by atoms with E-state index in [2.05, 4.69) is 4.98 Å². The fraction of sp³-hybridized carbons (Fsp3) is 0.500. The van der Waals surface area contributed by atoms with E-state index in [-0.39, 0.29) is 12.5 Å². The third-order valence-electron chi connectivity index (χ3n) is 2.32. The molecular weight excluding hydrogens is 230 g/mol. The molecule has 0 saturated heterocycles. The predicted molar refractivity (Wildman–Crippen MR) is 57.7 cm³/mol. The van der Waals surface area contributed by atoms with Gasteiger partial charge in [-0.25, -0.2) is 0 Å². The van der Waals surface area contributed by atoms with E-state index in [0.29, 0.717) is 13.0 Å². The summed E-state index contributed by atoms with van der Waals surface area (Å²) in [6, 6.07) is 3.67. The zero-order valence-electron chi connectivity index (χ0n) is 8.92. The van der Waals surface area contributed by atoms with Crippen LogP contribution in [0.25, 0.3) is 0 Å². The van der Waals surface area contributed by atoms with Crippen molar-refractivity contribution in [3.8, 4) is 5.75 Å². The summed E-state index contributed by atoms with van der Waals surface area (Å²) in [6.07, 6.45) is 3.43. The first-order valence-electron chi connectivity index (χ1n) is 4.96.